The number of hydrogen-bond acceptors (Lipinski definition) is 4. The molecule has 4 aromatic rings. The Balaban J connectivity index is 1.87. The first-order valence-electron chi connectivity index (χ1n) is 8.82. The standard InChI is InChI=1S/C21H14ClF2N3O3/c1-11-20(30-10-25-11)21(29)27(14-4-2-3-13(22)8-14)9-12-7-17(28)26-19-15(12)5-6-16(23)18(19)24/h2-8,10H,9H2,1H3,(H,26,28). The quantitative estimate of drug-likeness (QED) is 0.514. The zero-order chi connectivity index (χ0) is 21.4. The van der Waals surface area contributed by atoms with E-state index in [-0.39, 0.29) is 23.2 Å². The van der Waals surface area contributed by atoms with E-state index in [2.05, 4.69) is 9.97 Å². The van der Waals surface area contributed by atoms with Gasteiger partial charge >= 0.3 is 0 Å². The van der Waals surface area contributed by atoms with Crippen LogP contribution in [-0.4, -0.2) is 15.9 Å². The second-order valence-electron chi connectivity index (χ2n) is 6.58. The predicted octanol–water partition coefficient (Wildman–Crippen LogP) is 4.60. The van der Waals surface area contributed by atoms with Crippen LogP contribution in [-0.2, 0) is 6.54 Å². The van der Waals surface area contributed by atoms with E-state index < -0.39 is 23.1 Å². The summed E-state index contributed by atoms with van der Waals surface area (Å²) in [4.78, 5) is 32.9. The van der Waals surface area contributed by atoms with Gasteiger partial charge in [-0.1, -0.05) is 17.7 Å². The van der Waals surface area contributed by atoms with Crippen molar-refractivity contribution in [3.05, 3.63) is 92.9 Å². The zero-order valence-corrected chi connectivity index (χ0v) is 16.3. The summed E-state index contributed by atoms with van der Waals surface area (Å²) in [6.45, 7) is 1.50. The molecule has 30 heavy (non-hydrogen) atoms. The van der Waals surface area contributed by atoms with Crippen LogP contribution in [0.2, 0.25) is 5.02 Å². The van der Waals surface area contributed by atoms with Gasteiger partial charge in [0.1, 0.15) is 0 Å². The van der Waals surface area contributed by atoms with Gasteiger partial charge in [0.05, 0.1) is 17.8 Å². The van der Waals surface area contributed by atoms with Gasteiger partial charge in [-0.15, -0.1) is 0 Å². The van der Waals surface area contributed by atoms with E-state index in [1.165, 1.54) is 17.0 Å². The number of carbonyl (C=O) groups excluding carboxylic acids is 1. The smallest absolute Gasteiger partial charge is 0.296 e. The first-order valence-corrected chi connectivity index (χ1v) is 9.20. The molecule has 4 rings (SSSR count). The van der Waals surface area contributed by atoms with Gasteiger partial charge in [-0.2, -0.15) is 0 Å². The van der Waals surface area contributed by atoms with Crippen molar-refractivity contribution in [2.24, 2.45) is 0 Å². The molecule has 1 N–H and O–H groups in total. The van der Waals surface area contributed by atoms with Gasteiger partial charge in [0, 0.05) is 22.2 Å². The lowest BCUT2D eigenvalue weighted by atomic mass is 10.1. The maximum Gasteiger partial charge on any atom is 0.296 e. The minimum atomic E-state index is -1.17. The maximum absolute atomic E-state index is 14.2. The fourth-order valence-electron chi connectivity index (χ4n) is 3.19. The summed E-state index contributed by atoms with van der Waals surface area (Å²) in [5.41, 5.74) is 0.233. The fraction of sp³-hybridized carbons (Fsp3) is 0.0952. The Morgan fingerprint density at radius 3 is 2.73 bits per heavy atom. The lowest BCUT2D eigenvalue weighted by Gasteiger charge is -2.23. The Hall–Kier alpha value is -3.52. The number of pyridine rings is 1. The number of H-pyrrole nitrogens is 1. The number of aromatic nitrogens is 2. The van der Waals surface area contributed by atoms with Crippen molar-refractivity contribution in [1.82, 2.24) is 9.97 Å². The second-order valence-corrected chi connectivity index (χ2v) is 7.02. The topological polar surface area (TPSA) is 79.2 Å². The third kappa shape index (κ3) is 3.57. The molecule has 0 fully saturated rings. The van der Waals surface area contributed by atoms with Crippen LogP contribution in [0.5, 0.6) is 0 Å². The molecule has 0 atom stereocenters. The van der Waals surface area contributed by atoms with Gasteiger partial charge in [0.15, 0.2) is 18.0 Å². The van der Waals surface area contributed by atoms with E-state index in [1.54, 1.807) is 31.2 Å². The number of carbonyl (C=O) groups is 1. The van der Waals surface area contributed by atoms with Crippen LogP contribution < -0.4 is 10.5 Å². The predicted molar refractivity (Wildman–Crippen MR) is 108 cm³/mol. The Morgan fingerprint density at radius 1 is 1.23 bits per heavy atom. The highest BCUT2D eigenvalue weighted by Gasteiger charge is 2.25. The van der Waals surface area contributed by atoms with E-state index in [1.807, 2.05) is 0 Å². The molecule has 0 bridgehead atoms. The number of aryl methyl sites for hydroxylation is 1. The molecule has 2 aromatic carbocycles. The van der Waals surface area contributed by atoms with Gasteiger partial charge in [-0.05, 0) is 42.8 Å². The third-order valence-electron chi connectivity index (χ3n) is 4.63. The van der Waals surface area contributed by atoms with Crippen molar-refractivity contribution in [3.63, 3.8) is 0 Å². The van der Waals surface area contributed by atoms with E-state index in [0.717, 1.165) is 12.5 Å². The van der Waals surface area contributed by atoms with Gasteiger partial charge in [-0.25, -0.2) is 13.8 Å². The van der Waals surface area contributed by atoms with Crippen molar-refractivity contribution in [2.45, 2.75) is 13.5 Å². The number of halogens is 3. The number of nitrogens with zero attached hydrogens (tertiary/aromatic N) is 2. The van der Waals surface area contributed by atoms with Gasteiger partial charge in [0.25, 0.3) is 5.91 Å². The number of hydrogen-bond donors (Lipinski definition) is 1. The van der Waals surface area contributed by atoms with Crippen LogP contribution in [0.4, 0.5) is 14.5 Å². The monoisotopic (exact) mass is 429 g/mol. The van der Waals surface area contributed by atoms with Crippen LogP contribution >= 0.6 is 11.6 Å². The molecule has 0 spiro atoms. The summed E-state index contributed by atoms with van der Waals surface area (Å²) in [7, 11) is 0. The molecule has 0 unspecified atom stereocenters. The molecule has 6 nitrogen and oxygen atoms in total. The average Bonchev–Trinajstić information content (AvgIpc) is 3.14. The minimum absolute atomic E-state index is 0.0151. The molecule has 9 heteroatoms. The van der Waals surface area contributed by atoms with Crippen LogP contribution in [0.1, 0.15) is 21.8 Å². The van der Waals surface area contributed by atoms with Gasteiger partial charge in [0.2, 0.25) is 11.3 Å². The van der Waals surface area contributed by atoms with Crippen LogP contribution in [0.3, 0.4) is 0 Å². The molecule has 0 aliphatic carbocycles. The van der Waals surface area contributed by atoms with Crippen LogP contribution in [0.15, 0.2) is 58.1 Å². The lowest BCUT2D eigenvalue weighted by molar-refractivity contribution is 0.0957. The van der Waals surface area contributed by atoms with Crippen molar-refractivity contribution in [2.75, 3.05) is 4.90 Å². The summed E-state index contributed by atoms with van der Waals surface area (Å²) in [5, 5.41) is 0.658. The number of anilines is 1. The van der Waals surface area contributed by atoms with Crippen molar-refractivity contribution in [1.29, 1.82) is 0 Å². The summed E-state index contributed by atoms with van der Waals surface area (Å²) < 4.78 is 33.1. The molecule has 0 aliphatic rings. The minimum Gasteiger partial charge on any atom is -0.438 e. The number of nitrogens with one attached hydrogen (secondary N) is 1. The summed E-state index contributed by atoms with van der Waals surface area (Å²) >= 11 is 6.09. The van der Waals surface area contributed by atoms with E-state index in [0.29, 0.717) is 22.0 Å². The zero-order valence-electron chi connectivity index (χ0n) is 15.6. The van der Waals surface area contributed by atoms with E-state index >= 15 is 0 Å². The largest absolute Gasteiger partial charge is 0.438 e. The molecule has 0 saturated carbocycles. The first kappa shape index (κ1) is 19.8. The van der Waals surface area contributed by atoms with Gasteiger partial charge in [-0.3, -0.25) is 9.59 Å². The highest BCUT2D eigenvalue weighted by atomic mass is 35.5. The number of aromatic amines is 1. The summed E-state index contributed by atoms with van der Waals surface area (Å²) in [6.07, 6.45) is 1.15. The molecular weight excluding hydrogens is 416 g/mol. The Labute approximate surface area is 173 Å². The summed E-state index contributed by atoms with van der Waals surface area (Å²) in [6, 6.07) is 10.1. The maximum atomic E-state index is 14.2. The van der Waals surface area contributed by atoms with E-state index in [9.17, 15) is 18.4 Å². The normalized spacial score (nSPS) is 11.1. The molecule has 2 aromatic heterocycles. The van der Waals surface area contributed by atoms with Crippen molar-refractivity contribution >= 4 is 34.1 Å². The SMILES string of the molecule is Cc1ncoc1C(=O)N(Cc1cc(=O)[nH]c2c(F)c(F)ccc12)c1cccc(Cl)c1. The number of fused-ring (bicyclic) bond motifs is 1. The second kappa shape index (κ2) is 7.72. The number of amides is 1. The molecule has 152 valence electrons. The Morgan fingerprint density at radius 2 is 2.03 bits per heavy atom. The number of benzene rings is 2. The third-order valence-corrected chi connectivity index (χ3v) is 4.86. The molecule has 1 amide bonds. The lowest BCUT2D eigenvalue weighted by Crippen LogP contribution is -2.31. The van der Waals surface area contributed by atoms with Gasteiger partial charge < -0.3 is 14.3 Å². The average molecular weight is 430 g/mol. The molecule has 0 radical (unpaired) electrons. The molecule has 0 saturated heterocycles. The Kier molecular flexibility index (Phi) is 5.09. The first-order chi connectivity index (χ1) is 14.3. The molecule has 2 heterocycles. The molecular formula is C21H14ClF2N3O3. The van der Waals surface area contributed by atoms with Crippen molar-refractivity contribution < 1.29 is 18.0 Å². The highest BCUT2D eigenvalue weighted by molar-refractivity contribution is 6.31. The number of oxazole rings is 1. The Bertz CT molecular complexity index is 1330. The fourth-order valence-corrected chi connectivity index (χ4v) is 3.38. The van der Waals surface area contributed by atoms with Crippen LogP contribution in [0, 0.1) is 18.6 Å². The van der Waals surface area contributed by atoms with E-state index in [4.69, 9.17) is 16.0 Å². The van der Waals surface area contributed by atoms with Crippen LogP contribution in [0.25, 0.3) is 10.9 Å². The molecule has 0 aliphatic heterocycles. The van der Waals surface area contributed by atoms with Crippen molar-refractivity contribution in [3.8, 4) is 0 Å². The highest BCUT2D eigenvalue weighted by Crippen LogP contribution is 2.27. The number of rotatable bonds is 4. The summed E-state index contributed by atoms with van der Waals surface area (Å²) in [5.74, 6) is -2.77.